The van der Waals surface area contributed by atoms with E-state index in [0.717, 1.165) is 25.7 Å². The number of aryl methyl sites for hydroxylation is 2. The molecule has 0 bridgehead atoms. The van der Waals surface area contributed by atoms with Gasteiger partial charge in [-0.1, -0.05) is 12.8 Å². The Labute approximate surface area is 113 Å². The number of aromatic nitrogens is 2. The summed E-state index contributed by atoms with van der Waals surface area (Å²) in [5, 5.41) is 15.5. The van der Waals surface area contributed by atoms with E-state index in [1.165, 1.54) is 4.31 Å². The summed E-state index contributed by atoms with van der Waals surface area (Å²) in [6.45, 7) is 3.25. The van der Waals surface area contributed by atoms with Crippen LogP contribution >= 0.6 is 0 Å². The van der Waals surface area contributed by atoms with Crippen LogP contribution in [-0.4, -0.2) is 35.5 Å². The second-order valence-electron chi connectivity index (χ2n) is 4.91. The lowest BCUT2D eigenvalue weighted by Gasteiger charge is -2.25. The number of nitrogens with one attached hydrogen (secondary N) is 1. The number of H-pyrrole nitrogens is 1. The third kappa shape index (κ3) is 2.51. The second kappa shape index (κ2) is 5.31. The van der Waals surface area contributed by atoms with E-state index < -0.39 is 10.0 Å². The van der Waals surface area contributed by atoms with Crippen LogP contribution < -0.4 is 0 Å². The van der Waals surface area contributed by atoms with Gasteiger partial charge in [-0.3, -0.25) is 5.10 Å². The van der Waals surface area contributed by atoms with Crippen molar-refractivity contribution in [3.63, 3.8) is 0 Å². The maximum absolute atomic E-state index is 12.7. The van der Waals surface area contributed by atoms with Gasteiger partial charge in [-0.15, -0.1) is 0 Å². The van der Waals surface area contributed by atoms with E-state index in [9.17, 15) is 8.42 Å². The Bertz CT molecular complexity index is 574. The lowest BCUT2D eigenvalue weighted by atomic mass is 10.2. The van der Waals surface area contributed by atoms with Gasteiger partial charge < -0.3 is 0 Å². The normalized spacial score (nSPS) is 16.9. The summed E-state index contributed by atoms with van der Waals surface area (Å²) in [7, 11) is -3.65. The molecule has 1 fully saturated rings. The molecular formula is C12H18N4O2S. The highest BCUT2D eigenvalue weighted by atomic mass is 32.2. The molecular weight excluding hydrogens is 264 g/mol. The fourth-order valence-corrected chi connectivity index (χ4v) is 4.63. The molecule has 7 heteroatoms. The van der Waals surface area contributed by atoms with Crippen LogP contribution in [0.15, 0.2) is 4.90 Å². The Hall–Kier alpha value is -1.39. The molecule has 1 aliphatic carbocycles. The topological polar surface area (TPSA) is 89.8 Å². The highest BCUT2D eigenvalue weighted by molar-refractivity contribution is 7.89. The average molecular weight is 282 g/mol. The number of hydrogen-bond donors (Lipinski definition) is 1. The molecule has 1 aliphatic rings. The third-order valence-electron chi connectivity index (χ3n) is 3.59. The van der Waals surface area contributed by atoms with Crippen molar-refractivity contribution in [2.45, 2.75) is 50.5 Å². The van der Waals surface area contributed by atoms with Gasteiger partial charge in [0.2, 0.25) is 10.0 Å². The van der Waals surface area contributed by atoms with Gasteiger partial charge in [0.25, 0.3) is 0 Å². The minimum Gasteiger partial charge on any atom is -0.281 e. The molecule has 1 aromatic rings. The highest BCUT2D eigenvalue weighted by Gasteiger charge is 2.35. The van der Waals surface area contributed by atoms with Gasteiger partial charge >= 0.3 is 0 Å². The first-order valence-corrected chi connectivity index (χ1v) is 7.83. The van der Waals surface area contributed by atoms with E-state index in [1.54, 1.807) is 13.8 Å². The molecule has 6 nitrogen and oxygen atoms in total. The average Bonchev–Trinajstić information content (AvgIpc) is 2.96. The van der Waals surface area contributed by atoms with Crippen LogP contribution in [0.25, 0.3) is 0 Å². The van der Waals surface area contributed by atoms with Gasteiger partial charge in [0.05, 0.1) is 17.5 Å². The molecule has 0 saturated heterocycles. The van der Waals surface area contributed by atoms with Crippen LogP contribution in [0.5, 0.6) is 0 Å². The summed E-state index contributed by atoms with van der Waals surface area (Å²) in [6, 6.07) is 1.91. The van der Waals surface area contributed by atoms with E-state index in [2.05, 4.69) is 10.2 Å². The lowest BCUT2D eigenvalue weighted by molar-refractivity contribution is 0.350. The first-order valence-electron chi connectivity index (χ1n) is 6.39. The number of sulfonamides is 1. The molecule has 0 radical (unpaired) electrons. The summed E-state index contributed by atoms with van der Waals surface area (Å²) < 4.78 is 26.8. The third-order valence-corrected chi connectivity index (χ3v) is 5.75. The Morgan fingerprint density at radius 3 is 2.53 bits per heavy atom. The van der Waals surface area contributed by atoms with Gasteiger partial charge in [-0.25, -0.2) is 8.42 Å². The van der Waals surface area contributed by atoms with Crippen molar-refractivity contribution in [3.05, 3.63) is 11.4 Å². The first kappa shape index (κ1) is 14.0. The van der Waals surface area contributed by atoms with Gasteiger partial charge in [0, 0.05) is 6.04 Å². The smallest absolute Gasteiger partial charge is 0.247 e. The first-order chi connectivity index (χ1) is 8.98. The number of nitrogens with zero attached hydrogens (tertiary/aromatic N) is 3. The lowest BCUT2D eigenvalue weighted by Crippen LogP contribution is -2.39. The predicted octanol–water partition coefficient (Wildman–Crippen LogP) is 1.48. The maximum Gasteiger partial charge on any atom is 0.247 e. The van der Waals surface area contributed by atoms with E-state index in [-0.39, 0.29) is 17.5 Å². The van der Waals surface area contributed by atoms with Gasteiger partial charge in [0.15, 0.2) is 0 Å². The molecule has 1 N–H and O–H groups in total. The predicted molar refractivity (Wildman–Crippen MR) is 69.8 cm³/mol. The quantitative estimate of drug-likeness (QED) is 0.847. The molecule has 0 amide bonds. The van der Waals surface area contributed by atoms with E-state index >= 15 is 0 Å². The van der Waals surface area contributed by atoms with Crippen molar-refractivity contribution in [2.75, 3.05) is 6.54 Å². The second-order valence-corrected chi connectivity index (χ2v) is 6.74. The minimum absolute atomic E-state index is 0.0571. The van der Waals surface area contributed by atoms with Crippen molar-refractivity contribution >= 4 is 10.0 Å². The number of nitriles is 1. The summed E-state index contributed by atoms with van der Waals surface area (Å²) in [5.41, 5.74) is 0.983. The van der Waals surface area contributed by atoms with Crippen LogP contribution in [0.4, 0.5) is 0 Å². The van der Waals surface area contributed by atoms with Crippen molar-refractivity contribution in [1.29, 1.82) is 5.26 Å². The van der Waals surface area contributed by atoms with Crippen LogP contribution in [0.1, 0.15) is 37.1 Å². The van der Waals surface area contributed by atoms with Crippen LogP contribution in [0, 0.1) is 25.2 Å². The molecule has 0 spiro atoms. The molecule has 0 aliphatic heterocycles. The molecule has 19 heavy (non-hydrogen) atoms. The van der Waals surface area contributed by atoms with Crippen LogP contribution in [-0.2, 0) is 10.0 Å². The summed E-state index contributed by atoms with van der Waals surface area (Å²) in [6.07, 6.45) is 3.70. The largest absolute Gasteiger partial charge is 0.281 e. The molecule has 2 rings (SSSR count). The molecule has 0 aromatic carbocycles. The molecule has 0 atom stereocenters. The molecule has 1 aromatic heterocycles. The number of aromatic amines is 1. The number of rotatable bonds is 4. The minimum atomic E-state index is -3.65. The van der Waals surface area contributed by atoms with E-state index in [4.69, 9.17) is 5.26 Å². The van der Waals surface area contributed by atoms with Gasteiger partial charge in [0.1, 0.15) is 11.4 Å². The Morgan fingerprint density at radius 1 is 1.42 bits per heavy atom. The summed E-state index contributed by atoms with van der Waals surface area (Å²) in [4.78, 5) is 0.217. The van der Waals surface area contributed by atoms with Crippen molar-refractivity contribution < 1.29 is 8.42 Å². The van der Waals surface area contributed by atoms with Gasteiger partial charge in [-0.05, 0) is 26.7 Å². The van der Waals surface area contributed by atoms with Crippen LogP contribution in [0.2, 0.25) is 0 Å². The molecule has 1 heterocycles. The van der Waals surface area contributed by atoms with Crippen molar-refractivity contribution in [2.24, 2.45) is 0 Å². The van der Waals surface area contributed by atoms with E-state index in [1.807, 2.05) is 6.07 Å². The zero-order valence-electron chi connectivity index (χ0n) is 11.2. The zero-order valence-corrected chi connectivity index (χ0v) is 12.0. The Kier molecular flexibility index (Phi) is 3.92. The van der Waals surface area contributed by atoms with Gasteiger partial charge in [-0.2, -0.15) is 14.7 Å². The fraction of sp³-hybridized carbons (Fsp3) is 0.667. The van der Waals surface area contributed by atoms with Crippen molar-refractivity contribution in [3.8, 4) is 6.07 Å². The molecule has 0 unspecified atom stereocenters. The summed E-state index contributed by atoms with van der Waals surface area (Å²) in [5.74, 6) is 0. The summed E-state index contributed by atoms with van der Waals surface area (Å²) >= 11 is 0. The standard InChI is InChI=1S/C12H18N4O2S/c1-9-12(10(2)15-14-9)19(17,18)16(8-7-13)11-5-3-4-6-11/h11H,3-6,8H2,1-2H3,(H,14,15). The maximum atomic E-state index is 12.7. The fourth-order valence-electron chi connectivity index (χ4n) is 2.71. The monoisotopic (exact) mass is 282 g/mol. The number of hydrogen-bond acceptors (Lipinski definition) is 4. The Balaban J connectivity index is 2.43. The SMILES string of the molecule is Cc1n[nH]c(C)c1S(=O)(=O)N(CC#N)C1CCCC1. The van der Waals surface area contributed by atoms with E-state index in [0.29, 0.717) is 11.4 Å². The zero-order chi connectivity index (χ0) is 14.0. The highest BCUT2D eigenvalue weighted by Crippen LogP contribution is 2.30. The molecule has 104 valence electrons. The van der Waals surface area contributed by atoms with Crippen molar-refractivity contribution in [1.82, 2.24) is 14.5 Å². The van der Waals surface area contributed by atoms with Crippen LogP contribution in [0.3, 0.4) is 0 Å². The molecule has 1 saturated carbocycles. The Morgan fingerprint density at radius 2 is 2.05 bits per heavy atom.